The molecule has 25 heavy (non-hydrogen) atoms. The predicted molar refractivity (Wildman–Crippen MR) is 84.6 cm³/mol. The Bertz CT molecular complexity index is 876. The number of aromatic nitrogens is 2. The molecule has 0 radical (unpaired) electrons. The molecular formula is C17H12F3N3O2. The monoisotopic (exact) mass is 347 g/mol. The van der Waals surface area contributed by atoms with Crippen LogP contribution in [0.2, 0.25) is 0 Å². The molecule has 8 heteroatoms. The lowest BCUT2D eigenvalue weighted by Gasteiger charge is -2.10. The average Bonchev–Trinajstić information content (AvgIpc) is 3.04. The summed E-state index contributed by atoms with van der Waals surface area (Å²) in [5, 5.41) is 6.61. The normalized spacial score (nSPS) is 11.2. The third kappa shape index (κ3) is 4.37. The Hall–Kier alpha value is -3.29. The Morgan fingerprint density at radius 2 is 1.84 bits per heavy atom. The van der Waals surface area contributed by atoms with E-state index in [0.29, 0.717) is 0 Å². The van der Waals surface area contributed by atoms with E-state index in [1.807, 2.05) is 30.3 Å². The van der Waals surface area contributed by atoms with Gasteiger partial charge in [-0.25, -0.2) is 4.68 Å². The van der Waals surface area contributed by atoms with Gasteiger partial charge in [0.1, 0.15) is 5.75 Å². The van der Waals surface area contributed by atoms with E-state index in [-0.39, 0.29) is 11.3 Å². The van der Waals surface area contributed by atoms with Crippen molar-refractivity contribution in [2.75, 3.05) is 5.32 Å². The van der Waals surface area contributed by atoms with Gasteiger partial charge in [-0.2, -0.15) is 5.10 Å². The molecule has 0 saturated carbocycles. The molecule has 3 rings (SSSR count). The number of ether oxygens (including phenoxy) is 1. The Labute approximate surface area is 140 Å². The number of nitrogens with zero attached hydrogens (tertiary/aromatic N) is 2. The van der Waals surface area contributed by atoms with Gasteiger partial charge in [0.25, 0.3) is 5.91 Å². The van der Waals surface area contributed by atoms with Crippen molar-refractivity contribution in [1.82, 2.24) is 9.78 Å². The van der Waals surface area contributed by atoms with Crippen LogP contribution in [0.25, 0.3) is 5.69 Å². The first-order valence-corrected chi connectivity index (χ1v) is 7.18. The second-order valence-electron chi connectivity index (χ2n) is 5.04. The maximum atomic E-state index is 12.2. The Morgan fingerprint density at radius 3 is 2.56 bits per heavy atom. The molecule has 0 unspecified atom stereocenters. The number of hydrogen-bond donors (Lipinski definition) is 1. The molecule has 1 N–H and O–H groups in total. The van der Waals surface area contributed by atoms with E-state index in [1.54, 1.807) is 0 Å². The number of nitrogens with one attached hydrogen (secondary N) is 1. The predicted octanol–water partition coefficient (Wildman–Crippen LogP) is 4.02. The molecule has 0 saturated heterocycles. The molecule has 3 aromatic rings. The summed E-state index contributed by atoms with van der Waals surface area (Å²) in [5.41, 5.74) is 1.23. The molecule has 0 aliphatic rings. The van der Waals surface area contributed by atoms with Gasteiger partial charge in [0.2, 0.25) is 0 Å². The summed E-state index contributed by atoms with van der Waals surface area (Å²) < 4.78 is 42.1. The number of carbonyl (C=O) groups excluding carboxylic acids is 1. The Kier molecular flexibility index (Phi) is 4.42. The van der Waals surface area contributed by atoms with Gasteiger partial charge in [-0.1, -0.05) is 24.3 Å². The number of halogens is 3. The number of benzene rings is 2. The largest absolute Gasteiger partial charge is 0.573 e. The van der Waals surface area contributed by atoms with Gasteiger partial charge < -0.3 is 10.1 Å². The summed E-state index contributed by atoms with van der Waals surface area (Å²) in [5.74, 6) is -0.906. The average molecular weight is 347 g/mol. The molecule has 1 aromatic heterocycles. The third-order valence-corrected chi connectivity index (χ3v) is 3.19. The van der Waals surface area contributed by atoms with Crippen LogP contribution in [0.5, 0.6) is 5.75 Å². The number of para-hydroxylation sites is 1. The summed E-state index contributed by atoms with van der Waals surface area (Å²) in [6, 6.07) is 14.2. The summed E-state index contributed by atoms with van der Waals surface area (Å²) in [4.78, 5) is 12.2. The fraction of sp³-hybridized carbons (Fsp3) is 0.0588. The van der Waals surface area contributed by atoms with E-state index in [0.717, 1.165) is 17.8 Å². The molecule has 0 fully saturated rings. The van der Waals surface area contributed by atoms with Crippen molar-refractivity contribution < 1.29 is 22.7 Å². The van der Waals surface area contributed by atoms with Gasteiger partial charge in [0, 0.05) is 18.0 Å². The van der Waals surface area contributed by atoms with Crippen LogP contribution in [0, 0.1) is 0 Å². The first-order valence-electron chi connectivity index (χ1n) is 7.18. The molecule has 128 valence electrons. The highest BCUT2D eigenvalue weighted by Crippen LogP contribution is 2.25. The van der Waals surface area contributed by atoms with Gasteiger partial charge in [-0.05, 0) is 24.3 Å². The van der Waals surface area contributed by atoms with E-state index >= 15 is 0 Å². The van der Waals surface area contributed by atoms with Gasteiger partial charge in [-0.3, -0.25) is 4.79 Å². The highest BCUT2D eigenvalue weighted by Gasteiger charge is 2.31. The highest BCUT2D eigenvalue weighted by molar-refractivity contribution is 6.04. The van der Waals surface area contributed by atoms with Crippen LogP contribution in [0.15, 0.2) is 67.0 Å². The standard InChI is InChI=1S/C17H12F3N3O2/c18-17(19,20)25-15-8-4-5-13(9-15)22-16(24)12-10-21-23(11-12)14-6-2-1-3-7-14/h1-11H,(H,22,24). The highest BCUT2D eigenvalue weighted by atomic mass is 19.4. The van der Waals surface area contributed by atoms with Gasteiger partial charge in [0.15, 0.2) is 0 Å². The molecular weight excluding hydrogens is 335 g/mol. The van der Waals surface area contributed by atoms with E-state index in [4.69, 9.17) is 0 Å². The smallest absolute Gasteiger partial charge is 0.406 e. The van der Waals surface area contributed by atoms with Gasteiger partial charge in [-0.15, -0.1) is 13.2 Å². The van der Waals surface area contributed by atoms with Crippen molar-refractivity contribution in [3.05, 3.63) is 72.6 Å². The zero-order chi connectivity index (χ0) is 17.9. The van der Waals surface area contributed by atoms with Crippen molar-refractivity contribution in [2.24, 2.45) is 0 Å². The van der Waals surface area contributed by atoms with Crippen molar-refractivity contribution in [2.45, 2.75) is 6.36 Å². The molecule has 0 aliphatic carbocycles. The molecule has 5 nitrogen and oxygen atoms in total. The number of alkyl halides is 3. The maximum absolute atomic E-state index is 12.2. The first kappa shape index (κ1) is 16.6. The minimum Gasteiger partial charge on any atom is -0.406 e. The lowest BCUT2D eigenvalue weighted by atomic mass is 10.2. The molecule has 0 bridgehead atoms. The van der Waals surface area contributed by atoms with Crippen LogP contribution in [0.3, 0.4) is 0 Å². The summed E-state index contributed by atoms with van der Waals surface area (Å²) in [7, 11) is 0. The molecule has 0 aliphatic heterocycles. The van der Waals surface area contributed by atoms with Gasteiger partial charge >= 0.3 is 6.36 Å². The summed E-state index contributed by atoms with van der Waals surface area (Å²) in [6.45, 7) is 0. The second-order valence-corrected chi connectivity index (χ2v) is 5.04. The number of carbonyl (C=O) groups is 1. The molecule has 0 atom stereocenters. The maximum Gasteiger partial charge on any atom is 0.573 e. The lowest BCUT2D eigenvalue weighted by Crippen LogP contribution is -2.17. The lowest BCUT2D eigenvalue weighted by molar-refractivity contribution is -0.274. The van der Waals surface area contributed by atoms with Crippen LogP contribution in [0.1, 0.15) is 10.4 Å². The first-order chi connectivity index (χ1) is 11.9. The summed E-state index contributed by atoms with van der Waals surface area (Å²) >= 11 is 0. The Balaban J connectivity index is 1.73. The fourth-order valence-electron chi connectivity index (χ4n) is 2.14. The van der Waals surface area contributed by atoms with Crippen LogP contribution in [-0.2, 0) is 0 Å². The van der Waals surface area contributed by atoms with Crippen LogP contribution in [0.4, 0.5) is 18.9 Å². The molecule has 1 amide bonds. The number of hydrogen-bond acceptors (Lipinski definition) is 3. The zero-order valence-corrected chi connectivity index (χ0v) is 12.7. The van der Waals surface area contributed by atoms with E-state index in [2.05, 4.69) is 15.2 Å². The second kappa shape index (κ2) is 6.68. The molecule has 2 aromatic carbocycles. The van der Waals surface area contributed by atoms with Crippen molar-refractivity contribution in [3.63, 3.8) is 0 Å². The molecule has 1 heterocycles. The SMILES string of the molecule is O=C(Nc1cccc(OC(F)(F)F)c1)c1cnn(-c2ccccc2)c1. The zero-order valence-electron chi connectivity index (χ0n) is 12.7. The van der Waals surface area contributed by atoms with E-state index < -0.39 is 18.0 Å². The third-order valence-electron chi connectivity index (χ3n) is 3.19. The van der Waals surface area contributed by atoms with Crippen molar-refractivity contribution in [3.8, 4) is 11.4 Å². The quantitative estimate of drug-likeness (QED) is 0.775. The van der Waals surface area contributed by atoms with Crippen molar-refractivity contribution >= 4 is 11.6 Å². The van der Waals surface area contributed by atoms with E-state index in [1.165, 1.54) is 29.2 Å². The number of anilines is 1. The Morgan fingerprint density at radius 1 is 1.08 bits per heavy atom. The van der Waals surface area contributed by atoms with E-state index in [9.17, 15) is 18.0 Å². The summed E-state index contributed by atoms with van der Waals surface area (Å²) in [6.07, 6.45) is -1.89. The number of rotatable bonds is 4. The minimum atomic E-state index is -4.79. The molecule has 0 spiro atoms. The minimum absolute atomic E-state index is 0.180. The van der Waals surface area contributed by atoms with Crippen LogP contribution < -0.4 is 10.1 Å². The van der Waals surface area contributed by atoms with Crippen LogP contribution in [-0.4, -0.2) is 22.1 Å². The van der Waals surface area contributed by atoms with Crippen molar-refractivity contribution in [1.29, 1.82) is 0 Å². The van der Waals surface area contributed by atoms with Crippen LogP contribution >= 0.6 is 0 Å². The fourth-order valence-corrected chi connectivity index (χ4v) is 2.14. The topological polar surface area (TPSA) is 56.1 Å². The van der Waals surface area contributed by atoms with Gasteiger partial charge in [0.05, 0.1) is 17.4 Å². The number of amides is 1.